The lowest BCUT2D eigenvalue weighted by Gasteiger charge is -2.00. The second-order valence-corrected chi connectivity index (χ2v) is 3.83. The number of hydrogen-bond donors (Lipinski definition) is 1. The molecule has 76 valence electrons. The fourth-order valence-corrected chi connectivity index (χ4v) is 1.44. The number of thioether (sulfide) groups is 1. The highest BCUT2D eigenvalue weighted by molar-refractivity contribution is 7.99. The Morgan fingerprint density at radius 2 is 2.43 bits per heavy atom. The molecular formula is C9H13N3OS. The van der Waals surface area contributed by atoms with Gasteiger partial charge in [-0.1, -0.05) is 16.2 Å². The van der Waals surface area contributed by atoms with Crippen molar-refractivity contribution in [2.45, 2.75) is 13.5 Å². The molecule has 1 aromatic rings. The molecule has 0 saturated carbocycles. The van der Waals surface area contributed by atoms with Gasteiger partial charge in [0.1, 0.15) is 11.4 Å². The Kier molecular flexibility index (Phi) is 5.12. The third kappa shape index (κ3) is 3.81. The molecule has 5 heteroatoms. The highest BCUT2D eigenvalue weighted by atomic mass is 32.2. The molecule has 14 heavy (non-hydrogen) atoms. The molecule has 1 aromatic heterocycles. The first-order valence-electron chi connectivity index (χ1n) is 4.34. The maximum Gasteiger partial charge on any atom is 0.121 e. The molecule has 0 spiro atoms. The summed E-state index contributed by atoms with van der Waals surface area (Å²) in [6, 6.07) is 0. The number of hydrogen-bond acceptors (Lipinski definition) is 5. The molecule has 0 radical (unpaired) electrons. The summed E-state index contributed by atoms with van der Waals surface area (Å²) in [5.74, 6) is 4.36. The van der Waals surface area contributed by atoms with Crippen LogP contribution in [0.3, 0.4) is 0 Å². The van der Waals surface area contributed by atoms with Crippen molar-refractivity contribution in [1.82, 2.24) is 15.6 Å². The molecule has 1 N–H and O–H groups in total. The Morgan fingerprint density at radius 1 is 1.57 bits per heavy atom. The average molecular weight is 211 g/mol. The highest BCUT2D eigenvalue weighted by Gasteiger charge is 2.02. The van der Waals surface area contributed by atoms with Crippen LogP contribution < -0.4 is 5.32 Å². The molecule has 0 aliphatic carbocycles. The van der Waals surface area contributed by atoms with Crippen molar-refractivity contribution in [3.05, 3.63) is 11.4 Å². The van der Waals surface area contributed by atoms with Crippen LogP contribution in [0.2, 0.25) is 0 Å². The predicted octanol–water partition coefficient (Wildman–Crippen LogP) is 0.834. The number of terminal acetylenes is 1. The molecular weight excluding hydrogens is 198 g/mol. The second-order valence-electron chi connectivity index (χ2n) is 2.73. The monoisotopic (exact) mass is 211 g/mol. The summed E-state index contributed by atoms with van der Waals surface area (Å²) in [6.45, 7) is 3.49. The van der Waals surface area contributed by atoms with Crippen LogP contribution in [-0.2, 0) is 6.54 Å². The molecule has 0 bridgehead atoms. The van der Waals surface area contributed by atoms with Crippen molar-refractivity contribution in [3.8, 4) is 12.3 Å². The van der Waals surface area contributed by atoms with E-state index in [9.17, 15) is 0 Å². The van der Waals surface area contributed by atoms with Gasteiger partial charge in [0.2, 0.25) is 0 Å². The minimum atomic E-state index is 0.700. The lowest BCUT2D eigenvalue weighted by Crippen LogP contribution is -2.17. The van der Waals surface area contributed by atoms with Gasteiger partial charge in [0.15, 0.2) is 0 Å². The first-order valence-corrected chi connectivity index (χ1v) is 5.50. The quantitative estimate of drug-likeness (QED) is 0.558. The fourth-order valence-electron chi connectivity index (χ4n) is 0.892. The third-order valence-corrected chi connectivity index (χ3v) is 2.51. The van der Waals surface area contributed by atoms with Crippen molar-refractivity contribution in [1.29, 1.82) is 0 Å². The molecule has 0 saturated heterocycles. The van der Waals surface area contributed by atoms with Gasteiger partial charge in [-0.15, -0.1) is 18.2 Å². The van der Waals surface area contributed by atoms with E-state index in [4.69, 9.17) is 6.42 Å². The number of rotatable bonds is 6. The first kappa shape index (κ1) is 11.1. The summed E-state index contributed by atoms with van der Waals surface area (Å²) in [5, 5.41) is 10.7. The van der Waals surface area contributed by atoms with Gasteiger partial charge in [0.05, 0.1) is 5.75 Å². The van der Waals surface area contributed by atoms with Crippen LogP contribution in [0.25, 0.3) is 0 Å². The zero-order valence-corrected chi connectivity index (χ0v) is 8.93. The van der Waals surface area contributed by atoms with E-state index >= 15 is 0 Å². The first-order chi connectivity index (χ1) is 6.84. The molecule has 1 heterocycles. The molecule has 0 unspecified atom stereocenters. The van der Waals surface area contributed by atoms with Gasteiger partial charge in [0.25, 0.3) is 0 Å². The van der Waals surface area contributed by atoms with E-state index in [2.05, 4.69) is 26.2 Å². The van der Waals surface area contributed by atoms with Gasteiger partial charge in [-0.2, -0.15) is 0 Å². The largest absolute Gasteiger partial charge is 0.310 e. The molecule has 0 aliphatic rings. The smallest absolute Gasteiger partial charge is 0.121 e. The van der Waals surface area contributed by atoms with Crippen LogP contribution in [0.1, 0.15) is 11.4 Å². The summed E-state index contributed by atoms with van der Waals surface area (Å²) in [7, 11) is 0. The summed E-state index contributed by atoms with van der Waals surface area (Å²) < 4.78 is 4.57. The Morgan fingerprint density at radius 3 is 3.07 bits per heavy atom. The van der Waals surface area contributed by atoms with E-state index in [0.29, 0.717) is 6.54 Å². The standard InChI is InChI=1S/C9H13N3OS/c1-3-5-14-6-4-10-7-9-8(2)11-13-12-9/h1,10H,4-7H2,2H3. The molecule has 0 aromatic carbocycles. The van der Waals surface area contributed by atoms with Gasteiger partial charge in [-0.05, 0) is 6.92 Å². The lowest BCUT2D eigenvalue weighted by molar-refractivity contribution is 0.300. The SMILES string of the molecule is C#CCSCCNCc1nonc1C. The van der Waals surface area contributed by atoms with Crippen molar-refractivity contribution in [3.63, 3.8) is 0 Å². The maximum atomic E-state index is 5.12. The van der Waals surface area contributed by atoms with Gasteiger partial charge in [-0.3, -0.25) is 0 Å². The Labute approximate surface area is 87.8 Å². The fraction of sp³-hybridized carbons (Fsp3) is 0.556. The lowest BCUT2D eigenvalue weighted by atomic mass is 10.3. The minimum Gasteiger partial charge on any atom is -0.310 e. The normalized spacial score (nSPS) is 10.0. The summed E-state index contributed by atoms with van der Waals surface area (Å²) >= 11 is 1.74. The number of aromatic nitrogens is 2. The van der Waals surface area contributed by atoms with Gasteiger partial charge >= 0.3 is 0 Å². The zero-order chi connectivity index (χ0) is 10.2. The average Bonchev–Trinajstić information content (AvgIpc) is 2.58. The van der Waals surface area contributed by atoms with Crippen molar-refractivity contribution in [2.75, 3.05) is 18.1 Å². The van der Waals surface area contributed by atoms with E-state index in [1.54, 1.807) is 11.8 Å². The van der Waals surface area contributed by atoms with E-state index in [1.807, 2.05) is 6.92 Å². The highest BCUT2D eigenvalue weighted by Crippen LogP contribution is 2.00. The molecule has 4 nitrogen and oxygen atoms in total. The van der Waals surface area contributed by atoms with Crippen LogP contribution in [-0.4, -0.2) is 28.4 Å². The van der Waals surface area contributed by atoms with E-state index in [0.717, 1.165) is 29.4 Å². The Balaban J connectivity index is 2.05. The van der Waals surface area contributed by atoms with Crippen molar-refractivity contribution >= 4 is 11.8 Å². The van der Waals surface area contributed by atoms with Crippen LogP contribution in [0.5, 0.6) is 0 Å². The van der Waals surface area contributed by atoms with Crippen LogP contribution in [0.15, 0.2) is 4.63 Å². The number of nitrogens with one attached hydrogen (secondary N) is 1. The minimum absolute atomic E-state index is 0.700. The molecule has 0 fully saturated rings. The van der Waals surface area contributed by atoms with Gasteiger partial charge in [-0.25, -0.2) is 4.63 Å². The summed E-state index contributed by atoms with van der Waals surface area (Å²) in [6.07, 6.45) is 5.12. The van der Waals surface area contributed by atoms with Crippen LogP contribution >= 0.6 is 11.8 Å². The predicted molar refractivity (Wildman–Crippen MR) is 56.9 cm³/mol. The number of nitrogens with zero attached hydrogens (tertiary/aromatic N) is 2. The van der Waals surface area contributed by atoms with Crippen LogP contribution in [0, 0.1) is 19.3 Å². The van der Waals surface area contributed by atoms with Crippen molar-refractivity contribution in [2.24, 2.45) is 0 Å². The van der Waals surface area contributed by atoms with Gasteiger partial charge < -0.3 is 5.32 Å². The maximum absolute atomic E-state index is 5.12. The van der Waals surface area contributed by atoms with E-state index < -0.39 is 0 Å². The van der Waals surface area contributed by atoms with E-state index in [-0.39, 0.29) is 0 Å². The number of aryl methyl sites for hydroxylation is 1. The zero-order valence-electron chi connectivity index (χ0n) is 8.12. The topological polar surface area (TPSA) is 51.0 Å². The van der Waals surface area contributed by atoms with Gasteiger partial charge in [0, 0.05) is 18.8 Å². The summed E-state index contributed by atoms with van der Waals surface area (Å²) in [4.78, 5) is 0. The third-order valence-electron chi connectivity index (χ3n) is 1.65. The molecule has 0 atom stereocenters. The molecule has 1 rings (SSSR count). The Bertz CT molecular complexity index is 305. The van der Waals surface area contributed by atoms with E-state index in [1.165, 1.54) is 0 Å². The summed E-state index contributed by atoms with van der Waals surface area (Å²) in [5.41, 5.74) is 1.71. The second kappa shape index (κ2) is 6.46. The van der Waals surface area contributed by atoms with Crippen molar-refractivity contribution < 1.29 is 4.63 Å². The van der Waals surface area contributed by atoms with Crippen LogP contribution in [0.4, 0.5) is 0 Å². The molecule has 0 aliphatic heterocycles. The Hall–Kier alpha value is -0.990. The molecule has 0 amide bonds.